The summed E-state index contributed by atoms with van der Waals surface area (Å²) < 4.78 is 17.0. The third-order valence-electron chi connectivity index (χ3n) is 6.77. The molecule has 0 unspecified atom stereocenters. The van der Waals surface area contributed by atoms with Crippen LogP contribution in [0.3, 0.4) is 0 Å². The summed E-state index contributed by atoms with van der Waals surface area (Å²) in [5.41, 5.74) is 0.983. The third kappa shape index (κ3) is 7.12. The molecule has 0 saturated carbocycles. The first-order chi connectivity index (χ1) is 18.5. The Bertz CT molecular complexity index is 1410. The lowest BCUT2D eigenvalue weighted by atomic mass is 10.1. The molecule has 4 rings (SSSR count). The van der Waals surface area contributed by atoms with Crippen molar-refractivity contribution >= 4 is 33.5 Å². The Balaban J connectivity index is 1.39. The Hall–Kier alpha value is -3.86. The zero-order valence-electron chi connectivity index (χ0n) is 22.5. The van der Waals surface area contributed by atoms with Crippen molar-refractivity contribution < 1.29 is 23.8 Å². The highest BCUT2D eigenvalue weighted by Crippen LogP contribution is 2.26. The van der Waals surface area contributed by atoms with Crippen LogP contribution in [0.4, 0.5) is 0 Å². The molecule has 5 heteroatoms. The largest absolute Gasteiger partial charge is 0.494 e. The smallest absolute Gasteiger partial charge is 0.343 e. The topological polar surface area (TPSA) is 61.8 Å². The lowest BCUT2D eigenvalue weighted by molar-refractivity contribution is 0.0447. The molecule has 0 aromatic heterocycles. The molecule has 4 aromatic rings. The van der Waals surface area contributed by atoms with Crippen LogP contribution in [0.15, 0.2) is 72.8 Å². The van der Waals surface area contributed by atoms with Crippen molar-refractivity contribution in [3.05, 3.63) is 83.9 Å². The third-order valence-corrected chi connectivity index (χ3v) is 6.77. The van der Waals surface area contributed by atoms with E-state index in [1.54, 1.807) is 30.3 Å². The monoisotopic (exact) mass is 512 g/mol. The first-order valence-corrected chi connectivity index (χ1v) is 13.6. The van der Waals surface area contributed by atoms with Gasteiger partial charge in [0.1, 0.15) is 11.5 Å². The molecule has 38 heavy (non-hydrogen) atoms. The summed E-state index contributed by atoms with van der Waals surface area (Å²) in [4.78, 5) is 25.2. The number of carbonyl (C=O) groups is 2. The van der Waals surface area contributed by atoms with Crippen LogP contribution in [0.1, 0.15) is 73.6 Å². The van der Waals surface area contributed by atoms with Gasteiger partial charge in [0.2, 0.25) is 0 Å². The van der Waals surface area contributed by atoms with Crippen molar-refractivity contribution in [3.8, 4) is 11.5 Å². The van der Waals surface area contributed by atoms with Crippen LogP contribution in [-0.2, 0) is 4.74 Å². The minimum atomic E-state index is -0.423. The number of carbonyl (C=O) groups excluding carboxylic acids is 2. The van der Waals surface area contributed by atoms with E-state index in [0.717, 1.165) is 40.1 Å². The summed E-state index contributed by atoms with van der Waals surface area (Å²) in [6.07, 6.45) is 5.63. The number of hydrogen-bond acceptors (Lipinski definition) is 5. The zero-order valence-corrected chi connectivity index (χ0v) is 22.5. The SMILES string of the molecule is CCCCCCOc1ccc2cc(C(=O)Oc3ccc4cc(C(=O)OC[C@@H](C)CC)ccc4c3)ccc2c1. The van der Waals surface area contributed by atoms with Crippen molar-refractivity contribution in [2.45, 2.75) is 52.9 Å². The van der Waals surface area contributed by atoms with Crippen LogP contribution < -0.4 is 9.47 Å². The van der Waals surface area contributed by atoms with E-state index in [1.165, 1.54) is 19.3 Å². The highest BCUT2D eigenvalue weighted by molar-refractivity contribution is 5.98. The molecule has 0 spiro atoms. The van der Waals surface area contributed by atoms with E-state index in [-0.39, 0.29) is 5.97 Å². The van der Waals surface area contributed by atoms with Gasteiger partial charge in [-0.3, -0.25) is 0 Å². The standard InChI is InChI=1S/C33H36O5/c1-4-6-7-8-17-36-30-15-13-24-19-29(12-10-26(24)20-30)33(35)38-31-16-14-25-18-28(11-9-27(25)21-31)32(34)37-22-23(3)5-2/h9-16,18-21,23H,4-8,17,22H2,1-3H3/t23-/m0/s1. The molecule has 0 saturated heterocycles. The molecule has 0 fully saturated rings. The van der Waals surface area contributed by atoms with Crippen LogP contribution in [0, 0.1) is 5.92 Å². The number of ether oxygens (including phenoxy) is 3. The van der Waals surface area contributed by atoms with Gasteiger partial charge in [0, 0.05) is 0 Å². The molecular formula is C33H36O5. The second kappa shape index (κ2) is 13.1. The maximum atomic E-state index is 12.9. The van der Waals surface area contributed by atoms with Gasteiger partial charge in [-0.25, -0.2) is 9.59 Å². The predicted molar refractivity (Wildman–Crippen MR) is 152 cm³/mol. The molecule has 0 aliphatic rings. The summed E-state index contributed by atoms with van der Waals surface area (Å²) in [5.74, 6) is 0.863. The summed E-state index contributed by atoms with van der Waals surface area (Å²) in [6.45, 7) is 7.44. The molecule has 4 aromatic carbocycles. The molecular weight excluding hydrogens is 476 g/mol. The highest BCUT2D eigenvalue weighted by atomic mass is 16.5. The summed E-state index contributed by atoms with van der Waals surface area (Å²) in [7, 11) is 0. The van der Waals surface area contributed by atoms with Crippen LogP contribution in [0.25, 0.3) is 21.5 Å². The van der Waals surface area contributed by atoms with Gasteiger partial charge in [-0.2, -0.15) is 0 Å². The molecule has 0 N–H and O–H groups in total. The second-order valence-corrected chi connectivity index (χ2v) is 9.86. The zero-order chi connectivity index (χ0) is 26.9. The van der Waals surface area contributed by atoms with E-state index in [9.17, 15) is 9.59 Å². The minimum absolute atomic E-state index is 0.329. The molecule has 0 aliphatic carbocycles. The number of rotatable bonds is 12. The van der Waals surface area contributed by atoms with Crippen LogP contribution in [0.5, 0.6) is 11.5 Å². The highest BCUT2D eigenvalue weighted by Gasteiger charge is 2.13. The van der Waals surface area contributed by atoms with E-state index in [0.29, 0.717) is 36.0 Å². The van der Waals surface area contributed by atoms with Crippen LogP contribution in [-0.4, -0.2) is 25.2 Å². The Labute approximate surface area is 224 Å². The quantitative estimate of drug-likeness (QED) is 0.108. The molecule has 1 atom stereocenters. The van der Waals surface area contributed by atoms with E-state index >= 15 is 0 Å². The van der Waals surface area contributed by atoms with Gasteiger partial charge in [-0.05, 0) is 82.4 Å². The number of esters is 2. The fourth-order valence-corrected chi connectivity index (χ4v) is 4.16. The predicted octanol–water partition coefficient (Wildman–Crippen LogP) is 8.37. The lowest BCUT2D eigenvalue weighted by Gasteiger charge is -2.11. The maximum Gasteiger partial charge on any atom is 0.343 e. The maximum absolute atomic E-state index is 12.9. The van der Waals surface area contributed by atoms with Gasteiger partial charge < -0.3 is 14.2 Å². The van der Waals surface area contributed by atoms with Gasteiger partial charge in [-0.15, -0.1) is 0 Å². The van der Waals surface area contributed by atoms with E-state index < -0.39 is 5.97 Å². The van der Waals surface area contributed by atoms with E-state index in [1.807, 2.05) is 42.5 Å². The summed E-state index contributed by atoms with van der Waals surface area (Å²) >= 11 is 0. The molecule has 198 valence electrons. The van der Waals surface area contributed by atoms with Crippen LogP contribution >= 0.6 is 0 Å². The molecule has 0 aliphatic heterocycles. The summed E-state index contributed by atoms with van der Waals surface area (Å²) in [5, 5.41) is 3.70. The van der Waals surface area contributed by atoms with E-state index in [4.69, 9.17) is 14.2 Å². The van der Waals surface area contributed by atoms with Gasteiger partial charge in [0.25, 0.3) is 0 Å². The number of fused-ring (bicyclic) bond motifs is 2. The Kier molecular flexibility index (Phi) is 9.36. The van der Waals surface area contributed by atoms with Gasteiger partial charge in [0.05, 0.1) is 24.3 Å². The minimum Gasteiger partial charge on any atom is -0.494 e. The normalized spacial score (nSPS) is 11.9. The average molecular weight is 513 g/mol. The fraction of sp³-hybridized carbons (Fsp3) is 0.333. The van der Waals surface area contributed by atoms with Crippen molar-refractivity contribution in [2.75, 3.05) is 13.2 Å². The van der Waals surface area contributed by atoms with Crippen molar-refractivity contribution in [2.24, 2.45) is 5.92 Å². The van der Waals surface area contributed by atoms with Gasteiger partial charge in [-0.1, -0.05) is 70.7 Å². The molecule has 0 radical (unpaired) electrons. The first kappa shape index (κ1) is 27.2. The number of benzene rings is 4. The Morgan fingerprint density at radius 1 is 0.684 bits per heavy atom. The first-order valence-electron chi connectivity index (χ1n) is 13.6. The van der Waals surface area contributed by atoms with Crippen molar-refractivity contribution in [1.29, 1.82) is 0 Å². The Morgan fingerprint density at radius 2 is 1.26 bits per heavy atom. The van der Waals surface area contributed by atoms with Crippen LogP contribution in [0.2, 0.25) is 0 Å². The Morgan fingerprint density at radius 3 is 1.92 bits per heavy atom. The molecule has 0 amide bonds. The van der Waals surface area contributed by atoms with E-state index in [2.05, 4.69) is 20.8 Å². The molecule has 0 bridgehead atoms. The fourth-order valence-electron chi connectivity index (χ4n) is 4.16. The molecule has 5 nitrogen and oxygen atoms in total. The average Bonchev–Trinajstić information content (AvgIpc) is 2.94. The lowest BCUT2D eigenvalue weighted by Crippen LogP contribution is -2.11. The summed E-state index contributed by atoms with van der Waals surface area (Å²) in [6, 6.07) is 22.2. The number of hydrogen-bond donors (Lipinski definition) is 0. The second-order valence-electron chi connectivity index (χ2n) is 9.86. The van der Waals surface area contributed by atoms with Gasteiger partial charge >= 0.3 is 11.9 Å². The van der Waals surface area contributed by atoms with Crippen molar-refractivity contribution in [1.82, 2.24) is 0 Å². The number of unbranched alkanes of at least 4 members (excludes halogenated alkanes) is 3. The molecule has 0 heterocycles. The van der Waals surface area contributed by atoms with Crippen molar-refractivity contribution in [3.63, 3.8) is 0 Å². The van der Waals surface area contributed by atoms with Gasteiger partial charge in [0.15, 0.2) is 0 Å².